The van der Waals surface area contributed by atoms with Gasteiger partial charge in [-0.1, -0.05) is 12.8 Å². The Morgan fingerprint density at radius 1 is 1.45 bits per heavy atom. The van der Waals surface area contributed by atoms with E-state index in [9.17, 15) is 14.4 Å². The summed E-state index contributed by atoms with van der Waals surface area (Å²) in [6.07, 6.45) is 3.71. The van der Waals surface area contributed by atoms with Crippen LogP contribution in [0.25, 0.3) is 0 Å². The number of nitrogens with two attached hydrogens (primary N) is 1. The fourth-order valence-corrected chi connectivity index (χ4v) is 2.93. The first-order chi connectivity index (χ1) is 10.4. The number of nitrogens with one attached hydrogen (secondary N) is 2. The first-order valence-electron chi connectivity index (χ1n) is 7.79. The van der Waals surface area contributed by atoms with Crippen LogP contribution in [-0.2, 0) is 19.1 Å². The smallest absolute Gasteiger partial charge is 0.331 e. The molecule has 124 valence electrons. The van der Waals surface area contributed by atoms with Crippen LogP contribution < -0.4 is 16.4 Å². The van der Waals surface area contributed by atoms with Crippen LogP contribution in [0.3, 0.4) is 0 Å². The molecule has 0 spiro atoms. The highest BCUT2D eigenvalue weighted by atomic mass is 16.5. The molecule has 2 rings (SSSR count). The Kier molecular flexibility index (Phi) is 5.05. The lowest BCUT2D eigenvalue weighted by molar-refractivity contribution is -0.151. The summed E-state index contributed by atoms with van der Waals surface area (Å²) in [6, 6.07) is -0.631. The van der Waals surface area contributed by atoms with Crippen molar-refractivity contribution in [1.29, 1.82) is 0 Å². The summed E-state index contributed by atoms with van der Waals surface area (Å²) in [7, 11) is 1.27. The highest BCUT2D eigenvalue weighted by molar-refractivity contribution is 5.91. The van der Waals surface area contributed by atoms with Gasteiger partial charge in [0.25, 0.3) is 0 Å². The maximum atomic E-state index is 12.3. The van der Waals surface area contributed by atoms with Gasteiger partial charge in [-0.25, -0.2) is 4.79 Å². The average Bonchev–Trinajstić information content (AvgIpc) is 3.20. The van der Waals surface area contributed by atoms with Gasteiger partial charge in [-0.15, -0.1) is 0 Å². The second-order valence-electron chi connectivity index (χ2n) is 6.58. The monoisotopic (exact) mass is 311 g/mol. The van der Waals surface area contributed by atoms with Crippen molar-refractivity contribution < 1.29 is 19.1 Å². The van der Waals surface area contributed by atoms with E-state index in [-0.39, 0.29) is 24.2 Å². The van der Waals surface area contributed by atoms with Crippen molar-refractivity contribution in [2.75, 3.05) is 13.7 Å². The zero-order valence-electron chi connectivity index (χ0n) is 13.2. The Morgan fingerprint density at radius 3 is 2.64 bits per heavy atom. The van der Waals surface area contributed by atoms with Crippen LogP contribution in [0.5, 0.6) is 0 Å². The van der Waals surface area contributed by atoms with Crippen LogP contribution in [-0.4, -0.2) is 43.0 Å². The molecule has 7 heteroatoms. The fourth-order valence-electron chi connectivity index (χ4n) is 2.93. The Bertz CT molecular complexity index is 464. The van der Waals surface area contributed by atoms with Gasteiger partial charge < -0.3 is 21.1 Å². The lowest BCUT2D eigenvalue weighted by Crippen LogP contribution is -2.58. The van der Waals surface area contributed by atoms with E-state index in [1.165, 1.54) is 7.11 Å². The van der Waals surface area contributed by atoms with Gasteiger partial charge in [0.05, 0.1) is 13.2 Å². The van der Waals surface area contributed by atoms with Crippen molar-refractivity contribution in [1.82, 2.24) is 10.6 Å². The molecule has 4 N–H and O–H groups in total. The summed E-state index contributed by atoms with van der Waals surface area (Å²) in [4.78, 5) is 36.1. The number of hydrogen-bond donors (Lipinski definition) is 3. The van der Waals surface area contributed by atoms with Gasteiger partial charge in [0.1, 0.15) is 5.54 Å². The molecule has 0 aromatic carbocycles. The Balaban J connectivity index is 2.01. The number of amides is 2. The molecule has 0 aromatic heterocycles. The number of methoxy groups -OCH3 is 1. The number of hydrogen-bond acceptors (Lipinski definition) is 5. The van der Waals surface area contributed by atoms with E-state index < -0.39 is 17.6 Å². The zero-order valence-corrected chi connectivity index (χ0v) is 13.2. The molecule has 7 nitrogen and oxygen atoms in total. The van der Waals surface area contributed by atoms with E-state index >= 15 is 0 Å². The molecule has 1 heterocycles. The largest absolute Gasteiger partial charge is 0.467 e. The average molecular weight is 311 g/mol. The lowest BCUT2D eigenvalue weighted by atomic mass is 9.87. The highest BCUT2D eigenvalue weighted by Gasteiger charge is 2.42. The molecule has 0 radical (unpaired) electrons. The van der Waals surface area contributed by atoms with Gasteiger partial charge in [0.2, 0.25) is 11.8 Å². The van der Waals surface area contributed by atoms with Gasteiger partial charge in [0, 0.05) is 12.5 Å². The first kappa shape index (κ1) is 16.7. The van der Waals surface area contributed by atoms with Crippen molar-refractivity contribution in [3.63, 3.8) is 0 Å². The molecule has 22 heavy (non-hydrogen) atoms. The van der Waals surface area contributed by atoms with Crippen molar-refractivity contribution in [3.8, 4) is 0 Å². The quantitative estimate of drug-likeness (QED) is 0.559. The molecule has 2 unspecified atom stereocenters. The van der Waals surface area contributed by atoms with Gasteiger partial charge >= 0.3 is 5.97 Å². The SMILES string of the molecule is COC(=O)C(C)(CC1CCNC1=O)NC(=O)[C@@H](N)CC1CC1. The molecule has 0 bridgehead atoms. The predicted octanol–water partition coefficient (Wildman–Crippen LogP) is -0.312. The standard InChI is InChI=1S/C15H25N3O4/c1-15(14(21)22-2,8-10-5-6-17-12(10)19)18-13(20)11(16)7-9-3-4-9/h9-11H,3-8,16H2,1-2H3,(H,17,19)(H,18,20)/t10?,11-,15?/m0/s1. The van der Waals surface area contributed by atoms with E-state index in [1.54, 1.807) is 6.92 Å². The fraction of sp³-hybridized carbons (Fsp3) is 0.800. The summed E-state index contributed by atoms with van der Waals surface area (Å²) < 4.78 is 4.81. The normalized spacial score (nSPS) is 25.0. The molecule has 0 aromatic rings. The minimum absolute atomic E-state index is 0.0911. The number of carbonyl (C=O) groups is 3. The molecule has 1 saturated heterocycles. The maximum Gasteiger partial charge on any atom is 0.331 e. The molecule has 3 atom stereocenters. The Labute approximate surface area is 130 Å². The summed E-state index contributed by atoms with van der Waals surface area (Å²) >= 11 is 0. The van der Waals surface area contributed by atoms with Gasteiger partial charge in [-0.05, 0) is 32.1 Å². The van der Waals surface area contributed by atoms with E-state index in [1.807, 2.05) is 0 Å². The van der Waals surface area contributed by atoms with Crippen LogP contribution in [0.15, 0.2) is 0 Å². The summed E-state index contributed by atoms with van der Waals surface area (Å²) in [5, 5.41) is 5.44. The van der Waals surface area contributed by atoms with Crippen LogP contribution in [0, 0.1) is 11.8 Å². The molecule has 2 aliphatic rings. The lowest BCUT2D eigenvalue weighted by Gasteiger charge is -2.30. The second kappa shape index (κ2) is 6.64. The zero-order chi connectivity index (χ0) is 16.3. The minimum Gasteiger partial charge on any atom is -0.467 e. The molecule has 1 aliphatic heterocycles. The van der Waals surface area contributed by atoms with Crippen LogP contribution in [0.2, 0.25) is 0 Å². The summed E-state index contributed by atoms with van der Waals surface area (Å²) in [6.45, 7) is 2.18. The molecule has 2 fully saturated rings. The first-order valence-corrected chi connectivity index (χ1v) is 7.79. The topological polar surface area (TPSA) is 111 Å². The van der Waals surface area contributed by atoms with Crippen LogP contribution in [0.1, 0.15) is 39.0 Å². The Hall–Kier alpha value is -1.63. The third-order valence-electron chi connectivity index (χ3n) is 4.47. The summed E-state index contributed by atoms with van der Waals surface area (Å²) in [5.41, 5.74) is 4.66. The number of carbonyl (C=O) groups excluding carboxylic acids is 3. The van der Waals surface area contributed by atoms with Crippen LogP contribution >= 0.6 is 0 Å². The second-order valence-corrected chi connectivity index (χ2v) is 6.58. The third-order valence-corrected chi connectivity index (χ3v) is 4.47. The van der Waals surface area contributed by atoms with Gasteiger partial charge in [-0.2, -0.15) is 0 Å². The minimum atomic E-state index is -1.24. The van der Waals surface area contributed by atoms with E-state index in [0.29, 0.717) is 25.3 Å². The molecule has 2 amide bonds. The number of esters is 1. The van der Waals surface area contributed by atoms with Crippen LogP contribution in [0.4, 0.5) is 0 Å². The van der Waals surface area contributed by atoms with E-state index in [0.717, 1.165) is 12.8 Å². The van der Waals surface area contributed by atoms with Gasteiger partial charge in [0.15, 0.2) is 0 Å². The molecular formula is C15H25N3O4. The van der Waals surface area contributed by atoms with Crippen molar-refractivity contribution in [2.45, 2.75) is 50.6 Å². The molecule has 1 saturated carbocycles. The highest BCUT2D eigenvalue weighted by Crippen LogP contribution is 2.33. The maximum absolute atomic E-state index is 12.3. The van der Waals surface area contributed by atoms with Crippen molar-refractivity contribution in [3.05, 3.63) is 0 Å². The Morgan fingerprint density at radius 2 is 2.14 bits per heavy atom. The summed E-state index contributed by atoms with van der Waals surface area (Å²) in [5.74, 6) is -0.793. The van der Waals surface area contributed by atoms with Crippen molar-refractivity contribution in [2.24, 2.45) is 17.6 Å². The molecule has 1 aliphatic carbocycles. The van der Waals surface area contributed by atoms with E-state index in [2.05, 4.69) is 10.6 Å². The van der Waals surface area contributed by atoms with Gasteiger partial charge in [-0.3, -0.25) is 9.59 Å². The molecular weight excluding hydrogens is 286 g/mol. The van der Waals surface area contributed by atoms with E-state index in [4.69, 9.17) is 10.5 Å². The van der Waals surface area contributed by atoms with Crippen molar-refractivity contribution >= 4 is 17.8 Å². The predicted molar refractivity (Wildman–Crippen MR) is 79.6 cm³/mol. The number of ether oxygens (including phenoxy) is 1. The third kappa shape index (κ3) is 3.97. The number of rotatable bonds is 7.